The minimum atomic E-state index is -0.207. The lowest BCUT2D eigenvalue weighted by molar-refractivity contribution is 0.185. The number of hydrogen-bond donors (Lipinski definition) is 2. The van der Waals surface area contributed by atoms with E-state index in [1.807, 2.05) is 6.92 Å². The smallest absolute Gasteiger partial charge is 0.0636 e. The van der Waals surface area contributed by atoms with Crippen LogP contribution in [0.3, 0.4) is 0 Å². The highest BCUT2D eigenvalue weighted by Crippen LogP contribution is 2.32. The summed E-state index contributed by atoms with van der Waals surface area (Å²) in [5, 5.41) is 12.2. The standard InChI is InChI=1S/C8H17NO/c1-6(10)5-9-7(2)8-3-4-8/h6-10H,3-5H2,1-2H3/t6-,7-/m0/s1. The zero-order valence-corrected chi connectivity index (χ0v) is 6.80. The molecule has 0 aromatic heterocycles. The highest BCUT2D eigenvalue weighted by Gasteiger charge is 2.27. The van der Waals surface area contributed by atoms with E-state index in [2.05, 4.69) is 12.2 Å². The fraction of sp³-hybridized carbons (Fsp3) is 1.00. The van der Waals surface area contributed by atoms with Crippen LogP contribution < -0.4 is 5.32 Å². The molecule has 2 heteroatoms. The van der Waals surface area contributed by atoms with Gasteiger partial charge >= 0.3 is 0 Å². The first kappa shape index (κ1) is 8.02. The predicted molar refractivity (Wildman–Crippen MR) is 41.9 cm³/mol. The van der Waals surface area contributed by atoms with Crippen molar-refractivity contribution in [1.29, 1.82) is 0 Å². The van der Waals surface area contributed by atoms with E-state index in [0.29, 0.717) is 6.04 Å². The molecule has 1 rings (SSSR count). The van der Waals surface area contributed by atoms with Crippen molar-refractivity contribution in [1.82, 2.24) is 5.32 Å². The van der Waals surface area contributed by atoms with Crippen molar-refractivity contribution < 1.29 is 5.11 Å². The summed E-state index contributed by atoms with van der Waals surface area (Å²) >= 11 is 0. The zero-order valence-electron chi connectivity index (χ0n) is 6.80. The molecule has 2 nitrogen and oxygen atoms in total. The van der Waals surface area contributed by atoms with E-state index in [-0.39, 0.29) is 6.10 Å². The van der Waals surface area contributed by atoms with E-state index in [4.69, 9.17) is 5.11 Å². The molecule has 1 aliphatic rings. The molecule has 0 aromatic rings. The molecule has 0 radical (unpaired) electrons. The summed E-state index contributed by atoms with van der Waals surface area (Å²) in [5.74, 6) is 0.888. The molecular weight excluding hydrogens is 126 g/mol. The second-order valence-electron chi connectivity index (χ2n) is 3.38. The Morgan fingerprint density at radius 1 is 1.50 bits per heavy atom. The van der Waals surface area contributed by atoms with Crippen LogP contribution in [0, 0.1) is 5.92 Å². The molecule has 60 valence electrons. The molecule has 0 aliphatic heterocycles. The van der Waals surface area contributed by atoms with Gasteiger partial charge in [0.1, 0.15) is 0 Å². The predicted octanol–water partition coefficient (Wildman–Crippen LogP) is 0.755. The number of aliphatic hydroxyl groups excluding tert-OH is 1. The van der Waals surface area contributed by atoms with Crippen LogP contribution in [0.15, 0.2) is 0 Å². The maximum atomic E-state index is 8.94. The first-order chi connectivity index (χ1) is 4.70. The summed E-state index contributed by atoms with van der Waals surface area (Å²) < 4.78 is 0. The largest absolute Gasteiger partial charge is 0.392 e. The average Bonchev–Trinajstić information content (AvgIpc) is 2.63. The van der Waals surface area contributed by atoms with Crippen molar-refractivity contribution in [2.45, 2.75) is 38.8 Å². The Morgan fingerprint density at radius 3 is 2.50 bits per heavy atom. The third-order valence-corrected chi connectivity index (χ3v) is 2.06. The quantitative estimate of drug-likeness (QED) is 0.609. The minimum Gasteiger partial charge on any atom is -0.392 e. The fourth-order valence-electron chi connectivity index (χ4n) is 1.12. The third kappa shape index (κ3) is 2.67. The van der Waals surface area contributed by atoms with Gasteiger partial charge in [0.15, 0.2) is 0 Å². The summed E-state index contributed by atoms with van der Waals surface area (Å²) in [4.78, 5) is 0. The Kier molecular flexibility index (Phi) is 2.69. The summed E-state index contributed by atoms with van der Waals surface area (Å²) in [6, 6.07) is 0.606. The van der Waals surface area contributed by atoms with E-state index in [1.165, 1.54) is 12.8 Å². The van der Waals surface area contributed by atoms with Gasteiger partial charge in [-0.2, -0.15) is 0 Å². The lowest BCUT2D eigenvalue weighted by atomic mass is 10.2. The first-order valence-electron chi connectivity index (χ1n) is 4.11. The molecule has 1 aliphatic carbocycles. The Hall–Kier alpha value is -0.0800. The molecule has 0 spiro atoms. The summed E-state index contributed by atoms with van der Waals surface area (Å²) in [5.41, 5.74) is 0. The van der Waals surface area contributed by atoms with Crippen LogP contribution in [-0.4, -0.2) is 23.8 Å². The highest BCUT2D eigenvalue weighted by atomic mass is 16.3. The fourth-order valence-corrected chi connectivity index (χ4v) is 1.12. The van der Waals surface area contributed by atoms with E-state index < -0.39 is 0 Å². The van der Waals surface area contributed by atoms with Crippen LogP contribution in [0.1, 0.15) is 26.7 Å². The van der Waals surface area contributed by atoms with E-state index in [9.17, 15) is 0 Å². The Morgan fingerprint density at radius 2 is 2.10 bits per heavy atom. The topological polar surface area (TPSA) is 32.3 Å². The van der Waals surface area contributed by atoms with Crippen molar-refractivity contribution >= 4 is 0 Å². The summed E-state index contributed by atoms with van der Waals surface area (Å²) in [6.45, 7) is 4.74. The zero-order chi connectivity index (χ0) is 7.56. The van der Waals surface area contributed by atoms with Gasteiger partial charge in [-0.25, -0.2) is 0 Å². The molecule has 0 aromatic carbocycles. The molecule has 0 saturated heterocycles. The monoisotopic (exact) mass is 143 g/mol. The number of aliphatic hydroxyl groups is 1. The van der Waals surface area contributed by atoms with E-state index in [1.54, 1.807) is 0 Å². The van der Waals surface area contributed by atoms with Crippen LogP contribution in [0.25, 0.3) is 0 Å². The molecular formula is C8H17NO. The van der Waals surface area contributed by atoms with Gasteiger partial charge in [-0.3, -0.25) is 0 Å². The average molecular weight is 143 g/mol. The van der Waals surface area contributed by atoms with Crippen molar-refractivity contribution in [3.8, 4) is 0 Å². The van der Waals surface area contributed by atoms with Crippen molar-refractivity contribution in [2.75, 3.05) is 6.54 Å². The van der Waals surface area contributed by atoms with Crippen LogP contribution in [0.5, 0.6) is 0 Å². The van der Waals surface area contributed by atoms with Gasteiger partial charge in [-0.15, -0.1) is 0 Å². The molecule has 0 unspecified atom stereocenters. The maximum Gasteiger partial charge on any atom is 0.0636 e. The van der Waals surface area contributed by atoms with Gasteiger partial charge in [-0.05, 0) is 32.6 Å². The van der Waals surface area contributed by atoms with Gasteiger partial charge in [0, 0.05) is 12.6 Å². The molecule has 0 amide bonds. The lowest BCUT2D eigenvalue weighted by Crippen LogP contribution is -2.33. The molecule has 0 bridgehead atoms. The maximum absolute atomic E-state index is 8.94. The molecule has 2 atom stereocenters. The third-order valence-electron chi connectivity index (χ3n) is 2.06. The molecule has 10 heavy (non-hydrogen) atoms. The number of nitrogens with one attached hydrogen (secondary N) is 1. The lowest BCUT2D eigenvalue weighted by Gasteiger charge is -2.13. The molecule has 0 heterocycles. The normalized spacial score (nSPS) is 24.3. The number of hydrogen-bond acceptors (Lipinski definition) is 2. The molecule has 1 fully saturated rings. The molecule has 2 N–H and O–H groups in total. The SMILES string of the molecule is C[C@H](O)CN[C@@H](C)C1CC1. The Bertz CT molecular complexity index is 99.4. The highest BCUT2D eigenvalue weighted by molar-refractivity contribution is 4.83. The van der Waals surface area contributed by atoms with Crippen LogP contribution in [0.2, 0.25) is 0 Å². The Balaban J connectivity index is 2.00. The Labute approximate surface area is 62.6 Å². The van der Waals surface area contributed by atoms with Gasteiger partial charge in [0.25, 0.3) is 0 Å². The van der Waals surface area contributed by atoms with Crippen molar-refractivity contribution in [2.24, 2.45) is 5.92 Å². The van der Waals surface area contributed by atoms with Gasteiger partial charge in [-0.1, -0.05) is 0 Å². The van der Waals surface area contributed by atoms with Gasteiger partial charge in [0.2, 0.25) is 0 Å². The van der Waals surface area contributed by atoms with E-state index in [0.717, 1.165) is 12.5 Å². The van der Waals surface area contributed by atoms with Crippen LogP contribution >= 0.6 is 0 Å². The second kappa shape index (κ2) is 3.35. The van der Waals surface area contributed by atoms with Crippen molar-refractivity contribution in [3.05, 3.63) is 0 Å². The summed E-state index contributed by atoms with van der Waals surface area (Å²) in [6.07, 6.45) is 2.53. The van der Waals surface area contributed by atoms with Crippen molar-refractivity contribution in [3.63, 3.8) is 0 Å². The van der Waals surface area contributed by atoms with Crippen LogP contribution in [0.4, 0.5) is 0 Å². The summed E-state index contributed by atoms with van der Waals surface area (Å²) in [7, 11) is 0. The second-order valence-corrected chi connectivity index (χ2v) is 3.38. The van der Waals surface area contributed by atoms with Gasteiger partial charge in [0.05, 0.1) is 6.10 Å². The number of rotatable bonds is 4. The van der Waals surface area contributed by atoms with Crippen LogP contribution in [-0.2, 0) is 0 Å². The molecule has 1 saturated carbocycles. The first-order valence-corrected chi connectivity index (χ1v) is 4.11. The minimum absolute atomic E-state index is 0.207. The van der Waals surface area contributed by atoms with E-state index >= 15 is 0 Å². The van der Waals surface area contributed by atoms with Gasteiger partial charge < -0.3 is 10.4 Å².